The number of carbonyl (C=O) groups excluding carboxylic acids is 2. The van der Waals surface area contributed by atoms with Crippen LogP contribution in [0.2, 0.25) is 0 Å². The Labute approximate surface area is 158 Å². The van der Waals surface area contributed by atoms with Gasteiger partial charge >= 0.3 is 0 Å². The molecule has 138 valence electrons. The molecule has 0 radical (unpaired) electrons. The molecule has 1 heterocycles. The van der Waals surface area contributed by atoms with Crippen molar-refractivity contribution in [2.24, 2.45) is 0 Å². The van der Waals surface area contributed by atoms with Crippen molar-refractivity contribution in [2.45, 2.75) is 12.1 Å². The second-order valence-electron chi connectivity index (χ2n) is 5.51. The van der Waals surface area contributed by atoms with Crippen molar-refractivity contribution >= 4 is 23.6 Å². The van der Waals surface area contributed by atoms with Crippen LogP contribution in [0.3, 0.4) is 0 Å². The summed E-state index contributed by atoms with van der Waals surface area (Å²) in [7, 11) is 0. The molecule has 2 N–H and O–H groups in total. The molecule has 0 atom stereocenters. The molecule has 0 aliphatic carbocycles. The second-order valence-corrected chi connectivity index (χ2v) is 6.45. The zero-order valence-corrected chi connectivity index (χ0v) is 15.0. The third-order valence-electron chi connectivity index (χ3n) is 3.44. The second kappa shape index (κ2) is 8.41. The summed E-state index contributed by atoms with van der Waals surface area (Å²) in [6.45, 7) is 1.96. The molecule has 0 saturated carbocycles. The normalized spacial score (nSPS) is 10.4. The lowest BCUT2D eigenvalue weighted by Crippen LogP contribution is -2.42. The molecule has 0 bridgehead atoms. The maximum Gasteiger partial charge on any atom is 0.269 e. The highest BCUT2D eigenvalue weighted by Crippen LogP contribution is 2.18. The van der Waals surface area contributed by atoms with Crippen LogP contribution in [0.15, 0.2) is 53.7 Å². The maximum absolute atomic E-state index is 12.9. The van der Waals surface area contributed by atoms with Crippen LogP contribution in [-0.4, -0.2) is 37.8 Å². The molecular formula is C17H15FN6O2S. The fraction of sp³-hybridized carbons (Fsp3) is 0.118. The predicted octanol–water partition coefficient (Wildman–Crippen LogP) is 1.66. The van der Waals surface area contributed by atoms with Gasteiger partial charge in [-0.25, -0.2) is 4.39 Å². The third kappa shape index (κ3) is 4.88. The molecule has 0 fully saturated rings. The highest BCUT2D eigenvalue weighted by molar-refractivity contribution is 7.99. The van der Waals surface area contributed by atoms with Gasteiger partial charge in [-0.15, -0.1) is 5.10 Å². The van der Waals surface area contributed by atoms with Gasteiger partial charge in [0.1, 0.15) is 5.82 Å². The van der Waals surface area contributed by atoms with Crippen LogP contribution in [0, 0.1) is 12.7 Å². The van der Waals surface area contributed by atoms with E-state index >= 15 is 0 Å². The minimum absolute atomic E-state index is 0.00408. The Morgan fingerprint density at radius 2 is 1.93 bits per heavy atom. The van der Waals surface area contributed by atoms with Crippen LogP contribution in [0.25, 0.3) is 5.69 Å². The molecule has 1 aromatic heterocycles. The van der Waals surface area contributed by atoms with E-state index in [0.29, 0.717) is 5.16 Å². The number of nitrogens with zero attached hydrogens (tertiary/aromatic N) is 4. The molecule has 0 unspecified atom stereocenters. The first-order chi connectivity index (χ1) is 13.0. The standard InChI is InChI=1S/C17H15FN6O2S/c1-11-3-2-4-14(9-11)24-17(21-22-23-24)27-10-15(25)19-20-16(26)12-5-7-13(18)8-6-12/h2-9H,10H2,1H3,(H,19,25)(H,20,26). The Balaban J connectivity index is 1.53. The lowest BCUT2D eigenvalue weighted by atomic mass is 10.2. The van der Waals surface area contributed by atoms with Crippen LogP contribution in [0.5, 0.6) is 0 Å². The van der Waals surface area contributed by atoms with Gasteiger partial charge in [-0.05, 0) is 59.3 Å². The monoisotopic (exact) mass is 386 g/mol. The minimum Gasteiger partial charge on any atom is -0.272 e. The number of rotatable bonds is 5. The number of hydrazine groups is 1. The lowest BCUT2D eigenvalue weighted by molar-refractivity contribution is -0.119. The Bertz CT molecular complexity index is 960. The number of aromatic nitrogens is 4. The number of hydrogen-bond donors (Lipinski definition) is 2. The predicted molar refractivity (Wildman–Crippen MR) is 96.6 cm³/mol. The molecule has 2 amide bonds. The molecule has 3 aromatic rings. The van der Waals surface area contributed by atoms with Gasteiger partial charge in [-0.3, -0.25) is 20.4 Å². The van der Waals surface area contributed by atoms with Gasteiger partial charge < -0.3 is 0 Å². The van der Waals surface area contributed by atoms with Gasteiger partial charge in [0, 0.05) is 5.56 Å². The van der Waals surface area contributed by atoms with E-state index in [2.05, 4.69) is 26.4 Å². The first-order valence-electron chi connectivity index (χ1n) is 7.86. The number of aryl methyl sites for hydroxylation is 1. The summed E-state index contributed by atoms with van der Waals surface area (Å²) in [4.78, 5) is 23.8. The Morgan fingerprint density at radius 1 is 1.15 bits per heavy atom. The third-order valence-corrected chi connectivity index (χ3v) is 4.36. The highest BCUT2D eigenvalue weighted by atomic mass is 32.2. The van der Waals surface area contributed by atoms with Crippen molar-refractivity contribution in [1.82, 2.24) is 31.1 Å². The molecule has 0 aliphatic heterocycles. The van der Waals surface area contributed by atoms with Gasteiger partial charge in [0.2, 0.25) is 11.1 Å². The number of halogens is 1. The van der Waals surface area contributed by atoms with Crippen molar-refractivity contribution in [3.63, 3.8) is 0 Å². The average molecular weight is 386 g/mol. The number of nitrogens with one attached hydrogen (secondary N) is 2. The fourth-order valence-corrected chi connectivity index (χ4v) is 2.85. The van der Waals surface area contributed by atoms with E-state index < -0.39 is 17.6 Å². The molecule has 0 saturated heterocycles. The van der Waals surface area contributed by atoms with Crippen molar-refractivity contribution in [2.75, 3.05) is 5.75 Å². The topological polar surface area (TPSA) is 102 Å². The van der Waals surface area contributed by atoms with Gasteiger partial charge in [-0.2, -0.15) is 4.68 Å². The zero-order valence-electron chi connectivity index (χ0n) is 14.2. The van der Waals surface area contributed by atoms with Crippen LogP contribution in [0.4, 0.5) is 4.39 Å². The first kappa shape index (κ1) is 18.5. The van der Waals surface area contributed by atoms with Crippen LogP contribution in [-0.2, 0) is 4.79 Å². The summed E-state index contributed by atoms with van der Waals surface area (Å²) in [6.07, 6.45) is 0. The summed E-state index contributed by atoms with van der Waals surface area (Å²) in [5, 5.41) is 11.9. The summed E-state index contributed by atoms with van der Waals surface area (Å²) >= 11 is 1.13. The maximum atomic E-state index is 12.9. The molecule has 8 nitrogen and oxygen atoms in total. The minimum atomic E-state index is -0.544. The van der Waals surface area contributed by atoms with Crippen LogP contribution in [0.1, 0.15) is 15.9 Å². The van der Waals surface area contributed by atoms with E-state index in [-0.39, 0.29) is 11.3 Å². The van der Waals surface area contributed by atoms with Crippen LogP contribution < -0.4 is 10.9 Å². The van der Waals surface area contributed by atoms with Gasteiger partial charge in [0.15, 0.2) is 0 Å². The SMILES string of the molecule is Cc1cccc(-n2nnnc2SCC(=O)NNC(=O)c2ccc(F)cc2)c1. The van der Waals surface area contributed by atoms with Crippen molar-refractivity contribution < 1.29 is 14.0 Å². The Hall–Kier alpha value is -3.27. The van der Waals surface area contributed by atoms with E-state index in [1.807, 2.05) is 31.2 Å². The molecule has 2 aromatic carbocycles. The fourth-order valence-electron chi connectivity index (χ4n) is 2.16. The quantitative estimate of drug-likeness (QED) is 0.511. The molecule has 0 spiro atoms. The Kier molecular flexibility index (Phi) is 5.77. The van der Waals surface area contributed by atoms with E-state index in [9.17, 15) is 14.0 Å². The van der Waals surface area contributed by atoms with E-state index in [1.165, 1.54) is 16.8 Å². The molecule has 0 aliphatic rings. The average Bonchev–Trinajstić information content (AvgIpc) is 3.13. The number of hydrogen-bond acceptors (Lipinski definition) is 6. The highest BCUT2D eigenvalue weighted by Gasteiger charge is 2.12. The van der Waals surface area contributed by atoms with Crippen molar-refractivity contribution in [1.29, 1.82) is 0 Å². The van der Waals surface area contributed by atoms with Crippen molar-refractivity contribution in [3.8, 4) is 5.69 Å². The number of benzene rings is 2. The van der Waals surface area contributed by atoms with Gasteiger partial charge in [-0.1, -0.05) is 23.9 Å². The summed E-state index contributed by atoms with van der Waals surface area (Å²) in [5.41, 5.74) is 6.63. The molecule has 3 rings (SSSR count). The van der Waals surface area contributed by atoms with Crippen molar-refractivity contribution in [3.05, 3.63) is 65.5 Å². The smallest absolute Gasteiger partial charge is 0.269 e. The Morgan fingerprint density at radius 3 is 2.67 bits per heavy atom. The number of amides is 2. The number of carbonyl (C=O) groups is 2. The lowest BCUT2D eigenvalue weighted by Gasteiger charge is -2.07. The van der Waals surface area contributed by atoms with Gasteiger partial charge in [0.25, 0.3) is 5.91 Å². The first-order valence-corrected chi connectivity index (χ1v) is 8.84. The molecular weight excluding hydrogens is 371 g/mol. The largest absolute Gasteiger partial charge is 0.272 e. The van der Waals surface area contributed by atoms with Gasteiger partial charge in [0.05, 0.1) is 11.4 Å². The molecule has 10 heteroatoms. The van der Waals surface area contributed by atoms with E-state index in [1.54, 1.807) is 0 Å². The van der Waals surface area contributed by atoms with Crippen LogP contribution >= 0.6 is 11.8 Å². The van der Waals surface area contributed by atoms with E-state index in [4.69, 9.17) is 0 Å². The molecule has 27 heavy (non-hydrogen) atoms. The summed E-state index contributed by atoms with van der Waals surface area (Å²) in [5.74, 6) is -1.43. The summed E-state index contributed by atoms with van der Waals surface area (Å²) < 4.78 is 14.4. The number of tetrazole rings is 1. The number of thioether (sulfide) groups is 1. The summed E-state index contributed by atoms with van der Waals surface area (Å²) in [6, 6.07) is 12.6. The zero-order chi connectivity index (χ0) is 19.2. The van der Waals surface area contributed by atoms with E-state index in [0.717, 1.165) is 35.1 Å².